The zero-order chi connectivity index (χ0) is 23.7. The number of piperazine rings is 1. The minimum atomic E-state index is 0.0247. The van der Waals surface area contributed by atoms with E-state index in [0.717, 1.165) is 26.4 Å². The van der Waals surface area contributed by atoms with Gasteiger partial charge in [0.25, 0.3) is 5.91 Å². The summed E-state index contributed by atoms with van der Waals surface area (Å²) in [5, 5.41) is 6.37. The number of carbonyl (C=O) groups is 2. The molecule has 174 valence electrons. The number of aromatic nitrogens is 2. The molecule has 0 unspecified atom stereocenters. The van der Waals surface area contributed by atoms with E-state index in [2.05, 4.69) is 17.2 Å². The van der Waals surface area contributed by atoms with E-state index in [9.17, 15) is 9.59 Å². The van der Waals surface area contributed by atoms with E-state index in [1.54, 1.807) is 12.1 Å². The lowest BCUT2D eigenvalue weighted by molar-refractivity contribution is -0.131. The molecule has 8 heteroatoms. The molecule has 0 atom stereocenters. The molecule has 2 aromatic carbocycles. The van der Waals surface area contributed by atoms with Crippen LogP contribution in [0.2, 0.25) is 5.02 Å². The first kappa shape index (κ1) is 22.6. The summed E-state index contributed by atoms with van der Waals surface area (Å²) >= 11 is 7.42. The van der Waals surface area contributed by atoms with Crippen LogP contribution in [0.4, 0.5) is 0 Å². The summed E-state index contributed by atoms with van der Waals surface area (Å²) < 4.78 is 1.98. The highest BCUT2D eigenvalue weighted by Crippen LogP contribution is 2.30. The second kappa shape index (κ2) is 9.60. The Morgan fingerprint density at radius 2 is 1.62 bits per heavy atom. The van der Waals surface area contributed by atoms with Gasteiger partial charge in [0.2, 0.25) is 5.91 Å². The Labute approximate surface area is 207 Å². The Hall–Kier alpha value is -3.16. The number of carbonyl (C=O) groups excluding carboxylic acids is 2. The van der Waals surface area contributed by atoms with E-state index >= 15 is 0 Å². The first-order chi connectivity index (χ1) is 16.5. The number of hydrogen-bond acceptors (Lipinski definition) is 4. The molecular weight excluding hydrogens is 468 g/mol. The highest BCUT2D eigenvalue weighted by atomic mass is 35.5. The van der Waals surface area contributed by atoms with Crippen molar-refractivity contribution in [3.8, 4) is 0 Å². The van der Waals surface area contributed by atoms with Gasteiger partial charge in [0, 0.05) is 36.6 Å². The van der Waals surface area contributed by atoms with Crippen molar-refractivity contribution < 1.29 is 9.59 Å². The summed E-state index contributed by atoms with van der Waals surface area (Å²) in [6.45, 7) is 4.82. The molecule has 0 saturated carbocycles. The third-order valence-corrected chi connectivity index (χ3v) is 7.57. The molecule has 0 aliphatic carbocycles. The highest BCUT2D eigenvalue weighted by molar-refractivity contribution is 7.20. The zero-order valence-corrected chi connectivity index (χ0v) is 20.5. The van der Waals surface area contributed by atoms with Gasteiger partial charge in [-0.2, -0.15) is 5.10 Å². The van der Waals surface area contributed by atoms with Crippen molar-refractivity contribution in [3.63, 3.8) is 0 Å². The van der Waals surface area contributed by atoms with E-state index in [1.807, 2.05) is 57.8 Å². The summed E-state index contributed by atoms with van der Waals surface area (Å²) in [6.07, 6.45) is 0.346. The Balaban J connectivity index is 1.24. The van der Waals surface area contributed by atoms with Gasteiger partial charge < -0.3 is 9.80 Å². The normalized spacial score (nSPS) is 14.1. The van der Waals surface area contributed by atoms with Crippen LogP contribution in [0, 0.1) is 6.92 Å². The van der Waals surface area contributed by atoms with Crippen LogP contribution < -0.4 is 0 Å². The van der Waals surface area contributed by atoms with E-state index < -0.39 is 0 Å². The SMILES string of the molecule is Cc1nn(Cc2ccccc2)c2sc(C(=O)N3CCN(C(=O)Cc4ccc(Cl)cc4)CC3)cc12. The van der Waals surface area contributed by atoms with Gasteiger partial charge >= 0.3 is 0 Å². The van der Waals surface area contributed by atoms with Crippen LogP contribution in [0.3, 0.4) is 0 Å². The number of hydrogen-bond donors (Lipinski definition) is 0. The molecule has 0 N–H and O–H groups in total. The summed E-state index contributed by atoms with van der Waals surface area (Å²) in [7, 11) is 0. The van der Waals surface area contributed by atoms with Crippen LogP contribution in [0.15, 0.2) is 60.7 Å². The van der Waals surface area contributed by atoms with Crippen LogP contribution in [0.1, 0.15) is 26.5 Å². The van der Waals surface area contributed by atoms with Gasteiger partial charge in [-0.1, -0.05) is 54.1 Å². The van der Waals surface area contributed by atoms with Crippen LogP contribution in [0.25, 0.3) is 10.2 Å². The fraction of sp³-hybridized carbons (Fsp3) is 0.269. The molecular formula is C26H25ClN4O2S. The molecule has 1 aliphatic heterocycles. The van der Waals surface area contributed by atoms with Crippen molar-refractivity contribution in [2.45, 2.75) is 19.9 Å². The molecule has 0 radical (unpaired) electrons. The predicted molar refractivity (Wildman–Crippen MR) is 136 cm³/mol. The number of halogens is 1. The number of thiophene rings is 1. The molecule has 0 spiro atoms. The predicted octanol–water partition coefficient (Wildman–Crippen LogP) is 4.64. The lowest BCUT2D eigenvalue weighted by atomic mass is 10.1. The van der Waals surface area contributed by atoms with E-state index in [4.69, 9.17) is 11.6 Å². The number of rotatable bonds is 5. The van der Waals surface area contributed by atoms with Crippen molar-refractivity contribution in [1.29, 1.82) is 0 Å². The topological polar surface area (TPSA) is 58.4 Å². The molecule has 0 bridgehead atoms. The quantitative estimate of drug-likeness (QED) is 0.408. The summed E-state index contributed by atoms with van der Waals surface area (Å²) in [5.74, 6) is 0.101. The standard InChI is InChI=1S/C26H25ClN4O2S/c1-18-22-16-23(34-26(22)31(28-18)17-20-5-3-2-4-6-20)25(33)30-13-11-29(12-14-30)24(32)15-19-7-9-21(27)10-8-19/h2-10,16H,11-15,17H2,1H3. The summed E-state index contributed by atoms with van der Waals surface area (Å²) in [5.41, 5.74) is 3.05. The molecule has 2 aromatic heterocycles. The third-order valence-electron chi connectivity index (χ3n) is 6.18. The van der Waals surface area contributed by atoms with E-state index in [1.165, 1.54) is 16.9 Å². The second-order valence-electron chi connectivity index (χ2n) is 8.53. The molecule has 1 saturated heterocycles. The lowest BCUT2D eigenvalue weighted by Crippen LogP contribution is -2.50. The largest absolute Gasteiger partial charge is 0.339 e. The average Bonchev–Trinajstić information content (AvgIpc) is 3.42. The molecule has 1 fully saturated rings. The van der Waals surface area contributed by atoms with Gasteiger partial charge in [-0.05, 0) is 36.2 Å². The van der Waals surface area contributed by atoms with Crippen LogP contribution in [0.5, 0.6) is 0 Å². The Morgan fingerprint density at radius 1 is 0.941 bits per heavy atom. The number of nitrogens with zero attached hydrogens (tertiary/aromatic N) is 4. The van der Waals surface area contributed by atoms with Gasteiger partial charge in [-0.15, -0.1) is 11.3 Å². The fourth-order valence-corrected chi connectivity index (χ4v) is 5.54. The maximum Gasteiger partial charge on any atom is 0.264 e. The van der Waals surface area contributed by atoms with Gasteiger partial charge in [-0.3, -0.25) is 14.3 Å². The van der Waals surface area contributed by atoms with Crippen LogP contribution in [-0.2, 0) is 17.8 Å². The molecule has 2 amide bonds. The molecule has 6 nitrogen and oxygen atoms in total. The highest BCUT2D eigenvalue weighted by Gasteiger charge is 2.26. The number of amides is 2. The van der Waals surface area contributed by atoms with Gasteiger partial charge in [-0.25, -0.2) is 0 Å². The average molecular weight is 493 g/mol. The van der Waals surface area contributed by atoms with Crippen LogP contribution in [-0.4, -0.2) is 57.6 Å². The maximum absolute atomic E-state index is 13.2. The van der Waals surface area contributed by atoms with E-state index in [-0.39, 0.29) is 11.8 Å². The van der Waals surface area contributed by atoms with Crippen molar-refractivity contribution in [2.24, 2.45) is 0 Å². The smallest absolute Gasteiger partial charge is 0.264 e. The number of fused-ring (bicyclic) bond motifs is 1. The third kappa shape index (κ3) is 4.72. The number of benzene rings is 2. The fourth-order valence-electron chi connectivity index (χ4n) is 4.29. The van der Waals surface area contributed by atoms with Crippen molar-refractivity contribution in [3.05, 3.63) is 87.4 Å². The summed E-state index contributed by atoms with van der Waals surface area (Å²) in [6, 6.07) is 19.5. The van der Waals surface area contributed by atoms with Gasteiger partial charge in [0.05, 0.1) is 23.5 Å². The Kier molecular flexibility index (Phi) is 6.39. The minimum Gasteiger partial charge on any atom is -0.339 e. The zero-order valence-electron chi connectivity index (χ0n) is 18.9. The lowest BCUT2D eigenvalue weighted by Gasteiger charge is -2.34. The molecule has 4 aromatic rings. The monoisotopic (exact) mass is 492 g/mol. The molecule has 5 rings (SSSR count). The van der Waals surface area contributed by atoms with Crippen molar-refractivity contribution in [2.75, 3.05) is 26.2 Å². The molecule has 34 heavy (non-hydrogen) atoms. The summed E-state index contributed by atoms with van der Waals surface area (Å²) in [4.78, 5) is 31.3. The molecule has 3 heterocycles. The maximum atomic E-state index is 13.2. The van der Waals surface area contributed by atoms with Crippen LogP contribution >= 0.6 is 22.9 Å². The number of aryl methyl sites for hydroxylation is 1. The van der Waals surface area contributed by atoms with E-state index in [0.29, 0.717) is 44.2 Å². The first-order valence-corrected chi connectivity index (χ1v) is 12.5. The van der Waals surface area contributed by atoms with Crippen molar-refractivity contribution >= 4 is 45.0 Å². The Bertz CT molecular complexity index is 1320. The molecule has 1 aliphatic rings. The Morgan fingerprint density at radius 3 is 2.32 bits per heavy atom. The van der Waals surface area contributed by atoms with Crippen molar-refractivity contribution in [1.82, 2.24) is 19.6 Å². The van der Waals surface area contributed by atoms with Gasteiger partial charge in [0.1, 0.15) is 4.83 Å². The minimum absolute atomic E-state index is 0.0247. The second-order valence-corrected chi connectivity index (χ2v) is 10.0. The van der Waals surface area contributed by atoms with Gasteiger partial charge in [0.15, 0.2) is 0 Å². The first-order valence-electron chi connectivity index (χ1n) is 11.3.